The number of methoxy groups -OCH3 is 2. The van der Waals surface area contributed by atoms with E-state index in [0.717, 1.165) is 49.6 Å². The molecule has 1 aliphatic heterocycles. The topological polar surface area (TPSA) is 42.0 Å². The lowest BCUT2D eigenvalue weighted by molar-refractivity contribution is 0.0622. The van der Waals surface area contributed by atoms with Crippen molar-refractivity contribution in [3.05, 3.63) is 52.2 Å². The molecule has 1 aromatic carbocycles. The fourth-order valence-corrected chi connectivity index (χ4v) is 4.44. The monoisotopic (exact) mass is 402 g/mol. The van der Waals surface area contributed by atoms with Gasteiger partial charge in [-0.1, -0.05) is 24.3 Å². The Morgan fingerprint density at radius 3 is 2.64 bits per heavy atom. The summed E-state index contributed by atoms with van der Waals surface area (Å²) in [7, 11) is 3.41. The van der Waals surface area contributed by atoms with E-state index in [-0.39, 0.29) is 5.91 Å². The average Bonchev–Trinajstić information content (AvgIpc) is 3.27. The molecule has 1 aliphatic rings. The van der Waals surface area contributed by atoms with Crippen LogP contribution in [0, 0.1) is 5.92 Å². The van der Waals surface area contributed by atoms with Gasteiger partial charge in [0.1, 0.15) is 5.75 Å². The lowest BCUT2D eigenvalue weighted by Crippen LogP contribution is -2.41. The minimum absolute atomic E-state index is 0.128. The largest absolute Gasteiger partial charge is 0.496 e. The highest BCUT2D eigenvalue weighted by Crippen LogP contribution is 2.24. The number of nitrogens with zero attached hydrogens (tertiary/aromatic N) is 2. The van der Waals surface area contributed by atoms with E-state index >= 15 is 0 Å². The molecule has 0 aliphatic carbocycles. The van der Waals surface area contributed by atoms with E-state index in [1.807, 2.05) is 34.5 Å². The summed E-state index contributed by atoms with van der Waals surface area (Å²) < 4.78 is 10.7. The fourth-order valence-electron chi connectivity index (χ4n) is 3.75. The van der Waals surface area contributed by atoms with Crippen LogP contribution in [-0.2, 0) is 11.3 Å². The summed E-state index contributed by atoms with van der Waals surface area (Å²) in [6.45, 7) is 5.04. The minimum atomic E-state index is 0.128. The molecule has 0 atom stereocenters. The zero-order valence-electron chi connectivity index (χ0n) is 16.8. The number of amides is 1. The maximum absolute atomic E-state index is 12.8. The minimum Gasteiger partial charge on any atom is -0.496 e. The van der Waals surface area contributed by atoms with Crippen LogP contribution in [0.2, 0.25) is 0 Å². The van der Waals surface area contributed by atoms with Crippen molar-refractivity contribution in [3.8, 4) is 5.75 Å². The van der Waals surface area contributed by atoms with E-state index < -0.39 is 0 Å². The van der Waals surface area contributed by atoms with Gasteiger partial charge in [0.15, 0.2) is 0 Å². The maximum Gasteiger partial charge on any atom is 0.264 e. The third-order valence-electron chi connectivity index (χ3n) is 5.36. The van der Waals surface area contributed by atoms with Crippen LogP contribution in [0.5, 0.6) is 5.75 Å². The first-order chi connectivity index (χ1) is 13.7. The molecule has 0 unspecified atom stereocenters. The Morgan fingerprint density at radius 1 is 1.18 bits per heavy atom. The van der Waals surface area contributed by atoms with Crippen molar-refractivity contribution in [2.45, 2.75) is 19.4 Å². The Bertz CT molecular complexity index is 727. The molecule has 28 heavy (non-hydrogen) atoms. The normalized spacial score (nSPS) is 15.5. The zero-order valence-corrected chi connectivity index (χ0v) is 17.6. The predicted molar refractivity (Wildman–Crippen MR) is 113 cm³/mol. The first-order valence-corrected chi connectivity index (χ1v) is 10.7. The highest BCUT2D eigenvalue weighted by molar-refractivity contribution is 7.12. The summed E-state index contributed by atoms with van der Waals surface area (Å²) in [4.78, 5) is 18.1. The van der Waals surface area contributed by atoms with Crippen molar-refractivity contribution in [1.82, 2.24) is 9.80 Å². The molecule has 1 fully saturated rings. The Morgan fingerprint density at radius 2 is 1.96 bits per heavy atom. The van der Waals surface area contributed by atoms with Crippen molar-refractivity contribution >= 4 is 17.2 Å². The van der Waals surface area contributed by atoms with E-state index in [1.54, 1.807) is 14.2 Å². The maximum atomic E-state index is 12.8. The van der Waals surface area contributed by atoms with Crippen LogP contribution in [0.15, 0.2) is 41.8 Å². The van der Waals surface area contributed by atoms with Crippen LogP contribution in [0.1, 0.15) is 28.1 Å². The molecular formula is C22H30N2O3S. The van der Waals surface area contributed by atoms with Crippen LogP contribution in [0.4, 0.5) is 0 Å². The molecule has 0 radical (unpaired) electrons. The number of benzene rings is 1. The number of hydrogen-bond acceptors (Lipinski definition) is 5. The number of likely N-dealkylation sites (tertiary alicyclic amines) is 1. The van der Waals surface area contributed by atoms with E-state index in [0.29, 0.717) is 19.1 Å². The molecule has 0 spiro atoms. The third kappa shape index (κ3) is 5.56. The predicted octanol–water partition coefficient (Wildman–Crippen LogP) is 3.76. The van der Waals surface area contributed by atoms with Crippen molar-refractivity contribution in [2.75, 3.05) is 47.0 Å². The Labute approximate surface area is 171 Å². The van der Waals surface area contributed by atoms with Gasteiger partial charge in [0.2, 0.25) is 0 Å². The van der Waals surface area contributed by atoms with Crippen molar-refractivity contribution in [1.29, 1.82) is 0 Å². The first kappa shape index (κ1) is 20.8. The summed E-state index contributed by atoms with van der Waals surface area (Å²) in [5.41, 5.74) is 1.23. The van der Waals surface area contributed by atoms with Gasteiger partial charge in [0.05, 0.1) is 18.6 Å². The van der Waals surface area contributed by atoms with Crippen molar-refractivity contribution < 1.29 is 14.3 Å². The number of carbonyl (C=O) groups is 1. The molecule has 0 N–H and O–H groups in total. The molecule has 1 aromatic heterocycles. The van der Waals surface area contributed by atoms with Gasteiger partial charge in [-0.2, -0.15) is 0 Å². The SMILES string of the molecule is COCCN(CC1CCN(Cc2ccccc2OC)CC1)C(=O)c1cccs1. The molecular weight excluding hydrogens is 372 g/mol. The number of hydrogen-bond donors (Lipinski definition) is 0. The number of para-hydroxylation sites is 1. The van der Waals surface area contributed by atoms with E-state index in [1.165, 1.54) is 16.9 Å². The molecule has 2 heterocycles. The standard InChI is InChI=1S/C22H30N2O3S/c1-26-14-13-24(22(25)21-8-5-15-28-21)16-18-9-11-23(12-10-18)17-19-6-3-4-7-20(19)27-2/h3-8,15,18H,9-14,16-17H2,1-2H3. The fraction of sp³-hybridized carbons (Fsp3) is 0.500. The summed E-state index contributed by atoms with van der Waals surface area (Å²) >= 11 is 1.51. The van der Waals surface area contributed by atoms with Crippen LogP contribution in [-0.4, -0.2) is 62.7 Å². The van der Waals surface area contributed by atoms with Crippen molar-refractivity contribution in [2.24, 2.45) is 5.92 Å². The molecule has 2 aromatic rings. The lowest BCUT2D eigenvalue weighted by atomic mass is 9.95. The summed E-state index contributed by atoms with van der Waals surface area (Å²) in [5, 5.41) is 1.96. The van der Waals surface area contributed by atoms with Gasteiger partial charge in [-0.05, 0) is 49.4 Å². The van der Waals surface area contributed by atoms with Gasteiger partial charge in [-0.3, -0.25) is 9.69 Å². The number of rotatable bonds is 9. The zero-order chi connectivity index (χ0) is 19.8. The molecule has 1 amide bonds. The van der Waals surface area contributed by atoms with Crippen LogP contribution in [0.3, 0.4) is 0 Å². The second-order valence-corrected chi connectivity index (χ2v) is 8.20. The van der Waals surface area contributed by atoms with Crippen LogP contribution in [0.25, 0.3) is 0 Å². The molecule has 5 nitrogen and oxygen atoms in total. The Hall–Kier alpha value is -1.89. The Balaban J connectivity index is 1.53. The second-order valence-electron chi connectivity index (χ2n) is 7.25. The van der Waals surface area contributed by atoms with Gasteiger partial charge in [-0.25, -0.2) is 0 Å². The average molecular weight is 403 g/mol. The van der Waals surface area contributed by atoms with E-state index in [9.17, 15) is 4.79 Å². The van der Waals surface area contributed by atoms with E-state index in [2.05, 4.69) is 17.0 Å². The van der Waals surface area contributed by atoms with Gasteiger partial charge in [0, 0.05) is 32.3 Å². The van der Waals surface area contributed by atoms with Gasteiger partial charge in [-0.15, -0.1) is 11.3 Å². The molecule has 1 saturated heterocycles. The highest BCUT2D eigenvalue weighted by Gasteiger charge is 2.25. The smallest absolute Gasteiger partial charge is 0.264 e. The van der Waals surface area contributed by atoms with Gasteiger partial charge in [0.25, 0.3) is 5.91 Å². The molecule has 0 saturated carbocycles. The van der Waals surface area contributed by atoms with E-state index in [4.69, 9.17) is 9.47 Å². The summed E-state index contributed by atoms with van der Waals surface area (Å²) in [5.74, 6) is 1.62. The van der Waals surface area contributed by atoms with Gasteiger partial charge >= 0.3 is 0 Å². The van der Waals surface area contributed by atoms with Crippen molar-refractivity contribution in [3.63, 3.8) is 0 Å². The highest BCUT2D eigenvalue weighted by atomic mass is 32.1. The molecule has 0 bridgehead atoms. The number of carbonyl (C=O) groups excluding carboxylic acids is 1. The van der Waals surface area contributed by atoms with Gasteiger partial charge < -0.3 is 14.4 Å². The number of ether oxygens (including phenoxy) is 2. The lowest BCUT2D eigenvalue weighted by Gasteiger charge is -2.35. The van der Waals surface area contributed by atoms with Crippen LogP contribution >= 0.6 is 11.3 Å². The number of thiophene rings is 1. The molecule has 6 heteroatoms. The Kier molecular flexibility index (Phi) is 7.89. The quantitative estimate of drug-likeness (QED) is 0.641. The second kappa shape index (κ2) is 10.6. The molecule has 3 rings (SSSR count). The number of piperidine rings is 1. The van der Waals surface area contributed by atoms with Crippen LogP contribution < -0.4 is 4.74 Å². The first-order valence-electron chi connectivity index (χ1n) is 9.87. The molecule has 152 valence electrons. The summed E-state index contributed by atoms with van der Waals surface area (Å²) in [6, 6.07) is 12.1. The summed E-state index contributed by atoms with van der Waals surface area (Å²) in [6.07, 6.45) is 2.21. The third-order valence-corrected chi connectivity index (χ3v) is 6.21.